The molecule has 0 spiro atoms. The Hall–Kier alpha value is -0.810. The summed E-state index contributed by atoms with van der Waals surface area (Å²) in [6, 6.07) is 0. The number of rotatable bonds is 8. The van der Waals surface area contributed by atoms with Crippen LogP contribution in [-0.2, 0) is 9.47 Å². The van der Waals surface area contributed by atoms with Crippen molar-refractivity contribution in [3.05, 3.63) is 0 Å². The first-order valence-corrected chi connectivity index (χ1v) is 6.52. The van der Waals surface area contributed by atoms with Gasteiger partial charge in [-0.25, -0.2) is 0 Å². The van der Waals surface area contributed by atoms with Crippen molar-refractivity contribution >= 4 is 5.96 Å². The minimum absolute atomic E-state index is 0.196. The first kappa shape index (κ1) is 17.2. The van der Waals surface area contributed by atoms with Crippen LogP contribution in [0.5, 0.6) is 0 Å². The van der Waals surface area contributed by atoms with Crippen molar-refractivity contribution in [1.29, 1.82) is 0 Å². The fourth-order valence-corrected chi connectivity index (χ4v) is 1.19. The van der Waals surface area contributed by atoms with Gasteiger partial charge >= 0.3 is 0 Å². The van der Waals surface area contributed by atoms with E-state index in [1.165, 1.54) is 0 Å². The highest BCUT2D eigenvalue weighted by atomic mass is 16.5. The Morgan fingerprint density at radius 3 is 2.44 bits per heavy atom. The first-order chi connectivity index (χ1) is 8.41. The second-order valence-electron chi connectivity index (χ2n) is 5.09. The monoisotopic (exact) mass is 259 g/mol. The molecule has 0 saturated carbocycles. The van der Waals surface area contributed by atoms with Gasteiger partial charge in [-0.2, -0.15) is 0 Å². The summed E-state index contributed by atoms with van der Waals surface area (Å²) in [7, 11) is 3.47. The Bertz CT molecular complexity index is 240. The lowest BCUT2D eigenvalue weighted by atomic mass is 10.1. The molecule has 5 nitrogen and oxygen atoms in total. The van der Waals surface area contributed by atoms with Crippen LogP contribution in [-0.4, -0.2) is 51.5 Å². The van der Waals surface area contributed by atoms with Crippen molar-refractivity contribution in [2.45, 2.75) is 45.8 Å². The van der Waals surface area contributed by atoms with Gasteiger partial charge in [0, 0.05) is 33.9 Å². The summed E-state index contributed by atoms with van der Waals surface area (Å²) in [5, 5.41) is 6.48. The minimum Gasteiger partial charge on any atom is -0.379 e. The standard InChI is InChI=1S/C13H29N3O2/c1-11(2)18-9-7-8-15-12(14-5)16-10-13(3,4)17-6/h11H,7-10H2,1-6H3,(H2,14,15,16). The van der Waals surface area contributed by atoms with E-state index in [2.05, 4.69) is 15.6 Å². The highest BCUT2D eigenvalue weighted by molar-refractivity contribution is 5.79. The van der Waals surface area contributed by atoms with E-state index < -0.39 is 0 Å². The highest BCUT2D eigenvalue weighted by Crippen LogP contribution is 2.04. The smallest absolute Gasteiger partial charge is 0.191 e. The van der Waals surface area contributed by atoms with Crippen LogP contribution in [0.1, 0.15) is 34.1 Å². The molecular weight excluding hydrogens is 230 g/mol. The molecule has 0 fully saturated rings. The average molecular weight is 259 g/mol. The number of hydrogen-bond acceptors (Lipinski definition) is 3. The highest BCUT2D eigenvalue weighted by Gasteiger charge is 2.16. The lowest BCUT2D eigenvalue weighted by Gasteiger charge is -2.24. The molecule has 0 unspecified atom stereocenters. The van der Waals surface area contributed by atoms with E-state index in [4.69, 9.17) is 9.47 Å². The van der Waals surface area contributed by atoms with Crippen LogP contribution in [0.2, 0.25) is 0 Å². The molecule has 0 aliphatic carbocycles. The molecule has 0 aromatic heterocycles. The Labute approximate surface area is 111 Å². The maximum atomic E-state index is 5.47. The Balaban J connectivity index is 3.73. The zero-order valence-electron chi connectivity index (χ0n) is 12.7. The lowest BCUT2D eigenvalue weighted by molar-refractivity contribution is 0.0268. The van der Waals surface area contributed by atoms with Crippen molar-refractivity contribution in [2.24, 2.45) is 4.99 Å². The zero-order chi connectivity index (χ0) is 14.0. The Kier molecular flexibility index (Phi) is 8.75. The number of nitrogens with zero attached hydrogens (tertiary/aromatic N) is 1. The normalized spacial score (nSPS) is 12.9. The maximum Gasteiger partial charge on any atom is 0.191 e. The SMILES string of the molecule is CN=C(NCCCOC(C)C)NCC(C)(C)OC. The molecule has 108 valence electrons. The fraction of sp³-hybridized carbons (Fsp3) is 0.923. The van der Waals surface area contributed by atoms with Crippen molar-refractivity contribution in [3.63, 3.8) is 0 Å². The number of ether oxygens (including phenoxy) is 2. The van der Waals surface area contributed by atoms with Gasteiger partial charge in [0.25, 0.3) is 0 Å². The van der Waals surface area contributed by atoms with Crippen LogP contribution in [0.3, 0.4) is 0 Å². The molecule has 0 bridgehead atoms. The van der Waals surface area contributed by atoms with Crippen LogP contribution < -0.4 is 10.6 Å². The predicted molar refractivity (Wildman–Crippen MR) is 76.2 cm³/mol. The van der Waals surface area contributed by atoms with E-state index >= 15 is 0 Å². The van der Waals surface area contributed by atoms with Gasteiger partial charge in [-0.3, -0.25) is 4.99 Å². The number of guanidine groups is 1. The molecular formula is C13H29N3O2. The first-order valence-electron chi connectivity index (χ1n) is 6.52. The van der Waals surface area contributed by atoms with E-state index in [0.29, 0.717) is 12.6 Å². The molecule has 0 heterocycles. The maximum absolute atomic E-state index is 5.47. The van der Waals surface area contributed by atoms with Gasteiger partial charge in [-0.1, -0.05) is 0 Å². The summed E-state index contributed by atoms with van der Waals surface area (Å²) in [6.07, 6.45) is 1.26. The van der Waals surface area contributed by atoms with Crippen LogP contribution in [0.25, 0.3) is 0 Å². The molecule has 0 aromatic carbocycles. The summed E-state index contributed by atoms with van der Waals surface area (Å²) in [4.78, 5) is 4.16. The van der Waals surface area contributed by atoms with Crippen molar-refractivity contribution in [3.8, 4) is 0 Å². The van der Waals surface area contributed by atoms with Crippen molar-refractivity contribution < 1.29 is 9.47 Å². The quantitative estimate of drug-likeness (QED) is 0.393. The van der Waals surface area contributed by atoms with E-state index in [1.807, 2.05) is 27.7 Å². The number of aliphatic imine (C=N–C) groups is 1. The minimum atomic E-state index is -0.196. The zero-order valence-corrected chi connectivity index (χ0v) is 12.7. The van der Waals surface area contributed by atoms with E-state index in [-0.39, 0.29) is 5.60 Å². The number of nitrogens with one attached hydrogen (secondary N) is 2. The average Bonchev–Trinajstić information content (AvgIpc) is 2.32. The number of hydrogen-bond donors (Lipinski definition) is 2. The third-order valence-electron chi connectivity index (χ3n) is 2.52. The van der Waals surface area contributed by atoms with Crippen molar-refractivity contribution in [2.75, 3.05) is 33.9 Å². The van der Waals surface area contributed by atoms with Gasteiger partial charge in [0.15, 0.2) is 5.96 Å². The third kappa shape index (κ3) is 9.24. The topological polar surface area (TPSA) is 54.9 Å². The molecule has 2 N–H and O–H groups in total. The summed E-state index contributed by atoms with van der Waals surface area (Å²) in [5.41, 5.74) is -0.196. The third-order valence-corrected chi connectivity index (χ3v) is 2.52. The van der Waals surface area contributed by atoms with Crippen LogP contribution in [0, 0.1) is 0 Å². The predicted octanol–water partition coefficient (Wildman–Crippen LogP) is 1.39. The molecule has 0 aliphatic heterocycles. The summed E-state index contributed by atoms with van der Waals surface area (Å²) in [5.74, 6) is 0.796. The molecule has 0 amide bonds. The molecule has 0 saturated heterocycles. The van der Waals surface area contributed by atoms with Crippen LogP contribution in [0.15, 0.2) is 4.99 Å². The van der Waals surface area contributed by atoms with Gasteiger partial charge in [-0.15, -0.1) is 0 Å². The van der Waals surface area contributed by atoms with Gasteiger partial charge in [0.2, 0.25) is 0 Å². The summed E-state index contributed by atoms with van der Waals surface area (Å²) in [6.45, 7) is 10.5. The van der Waals surface area contributed by atoms with Crippen LogP contribution in [0.4, 0.5) is 0 Å². The molecule has 0 aromatic rings. The van der Waals surface area contributed by atoms with E-state index in [1.54, 1.807) is 14.2 Å². The van der Waals surface area contributed by atoms with Crippen molar-refractivity contribution in [1.82, 2.24) is 10.6 Å². The molecule has 0 rings (SSSR count). The van der Waals surface area contributed by atoms with Gasteiger partial charge in [0.05, 0.1) is 11.7 Å². The van der Waals surface area contributed by atoms with E-state index in [9.17, 15) is 0 Å². The molecule has 5 heteroatoms. The molecule has 18 heavy (non-hydrogen) atoms. The molecule has 0 atom stereocenters. The Morgan fingerprint density at radius 2 is 1.94 bits per heavy atom. The molecule has 0 radical (unpaired) electrons. The fourth-order valence-electron chi connectivity index (χ4n) is 1.19. The summed E-state index contributed by atoms with van der Waals surface area (Å²) < 4.78 is 10.8. The van der Waals surface area contributed by atoms with Crippen LogP contribution >= 0.6 is 0 Å². The largest absolute Gasteiger partial charge is 0.379 e. The van der Waals surface area contributed by atoms with Gasteiger partial charge in [0.1, 0.15) is 0 Å². The van der Waals surface area contributed by atoms with Gasteiger partial charge in [-0.05, 0) is 34.1 Å². The second kappa shape index (κ2) is 9.16. The summed E-state index contributed by atoms with van der Waals surface area (Å²) >= 11 is 0. The Morgan fingerprint density at radius 1 is 1.28 bits per heavy atom. The molecule has 0 aliphatic rings. The second-order valence-corrected chi connectivity index (χ2v) is 5.09. The van der Waals surface area contributed by atoms with E-state index in [0.717, 1.165) is 25.5 Å². The lowest BCUT2D eigenvalue weighted by Crippen LogP contribution is -2.45. The number of methoxy groups -OCH3 is 1. The van der Waals surface area contributed by atoms with Gasteiger partial charge < -0.3 is 20.1 Å².